The highest BCUT2D eigenvalue weighted by Crippen LogP contribution is 2.25. The van der Waals surface area contributed by atoms with Crippen molar-refractivity contribution in [3.8, 4) is 5.75 Å². The first-order valence-electron chi connectivity index (χ1n) is 5.40. The molecule has 0 amide bonds. The van der Waals surface area contributed by atoms with Gasteiger partial charge in [-0.3, -0.25) is 0 Å². The van der Waals surface area contributed by atoms with E-state index in [1.54, 1.807) is 0 Å². The highest BCUT2D eigenvalue weighted by atomic mass is 35.5. The topological polar surface area (TPSA) is 21.3 Å². The number of halogens is 1. The average molecular weight is 240 g/mol. The summed E-state index contributed by atoms with van der Waals surface area (Å²) in [6.07, 6.45) is 2.22. The Bertz CT molecular complexity index is 374. The maximum absolute atomic E-state index is 5.66. The lowest BCUT2D eigenvalue weighted by molar-refractivity contribution is 0.342. The van der Waals surface area contributed by atoms with Crippen LogP contribution in [-0.2, 0) is 0 Å². The van der Waals surface area contributed by atoms with Crippen molar-refractivity contribution in [3.63, 3.8) is 0 Å². The van der Waals surface area contributed by atoms with Crippen molar-refractivity contribution in [2.45, 2.75) is 19.9 Å². The van der Waals surface area contributed by atoms with Gasteiger partial charge in [-0.25, -0.2) is 0 Å². The Balaban J connectivity index is 0.00000128. The van der Waals surface area contributed by atoms with Gasteiger partial charge in [0.15, 0.2) is 0 Å². The van der Waals surface area contributed by atoms with Crippen LogP contribution < -0.4 is 10.1 Å². The summed E-state index contributed by atoms with van der Waals surface area (Å²) < 4.78 is 5.66. The van der Waals surface area contributed by atoms with Crippen LogP contribution in [0.25, 0.3) is 6.08 Å². The van der Waals surface area contributed by atoms with Gasteiger partial charge in [0.1, 0.15) is 12.4 Å². The summed E-state index contributed by atoms with van der Waals surface area (Å²) in [4.78, 5) is 0. The average Bonchev–Trinajstić information content (AvgIpc) is 2.26. The van der Waals surface area contributed by atoms with Gasteiger partial charge in [0.2, 0.25) is 0 Å². The van der Waals surface area contributed by atoms with Gasteiger partial charge in [-0.15, -0.1) is 12.4 Å². The van der Waals surface area contributed by atoms with E-state index in [2.05, 4.69) is 31.3 Å². The second-order valence-electron chi connectivity index (χ2n) is 4.16. The van der Waals surface area contributed by atoms with E-state index >= 15 is 0 Å². The highest BCUT2D eigenvalue weighted by molar-refractivity contribution is 5.85. The molecule has 3 heteroatoms. The minimum absolute atomic E-state index is 0. The molecule has 88 valence electrons. The van der Waals surface area contributed by atoms with Crippen LogP contribution in [0.4, 0.5) is 0 Å². The van der Waals surface area contributed by atoms with Crippen LogP contribution in [0.2, 0.25) is 0 Å². The van der Waals surface area contributed by atoms with Gasteiger partial charge in [-0.2, -0.15) is 0 Å². The summed E-state index contributed by atoms with van der Waals surface area (Å²) >= 11 is 0. The summed E-state index contributed by atoms with van der Waals surface area (Å²) in [7, 11) is 0. The van der Waals surface area contributed by atoms with Crippen molar-refractivity contribution in [1.29, 1.82) is 0 Å². The van der Waals surface area contributed by atoms with Gasteiger partial charge in [0.05, 0.1) is 0 Å². The molecule has 1 heterocycles. The molecule has 0 bridgehead atoms. The molecule has 1 aliphatic rings. The van der Waals surface area contributed by atoms with E-state index in [1.165, 1.54) is 11.1 Å². The Morgan fingerprint density at radius 1 is 1.31 bits per heavy atom. The van der Waals surface area contributed by atoms with Gasteiger partial charge in [-0.1, -0.05) is 32.0 Å². The van der Waals surface area contributed by atoms with Crippen molar-refractivity contribution in [1.82, 2.24) is 5.32 Å². The monoisotopic (exact) mass is 239 g/mol. The fourth-order valence-corrected chi connectivity index (χ4v) is 1.60. The van der Waals surface area contributed by atoms with Gasteiger partial charge in [0.25, 0.3) is 0 Å². The molecular formula is C13H18ClNO. The van der Waals surface area contributed by atoms with Crippen LogP contribution >= 0.6 is 12.4 Å². The molecule has 0 fully saturated rings. The van der Waals surface area contributed by atoms with Crippen molar-refractivity contribution in [2.75, 3.05) is 13.2 Å². The van der Waals surface area contributed by atoms with E-state index in [-0.39, 0.29) is 12.4 Å². The van der Waals surface area contributed by atoms with Crippen molar-refractivity contribution in [2.24, 2.45) is 0 Å². The summed E-state index contributed by atoms with van der Waals surface area (Å²) in [6, 6.07) is 8.66. The van der Waals surface area contributed by atoms with Gasteiger partial charge in [0, 0.05) is 18.2 Å². The molecule has 2 nitrogen and oxygen atoms in total. The van der Waals surface area contributed by atoms with Crippen LogP contribution in [0.3, 0.4) is 0 Å². The van der Waals surface area contributed by atoms with Gasteiger partial charge >= 0.3 is 0 Å². The number of hydrogen-bond donors (Lipinski definition) is 1. The van der Waals surface area contributed by atoms with Crippen molar-refractivity contribution < 1.29 is 4.74 Å². The molecule has 0 saturated carbocycles. The first-order valence-corrected chi connectivity index (χ1v) is 5.40. The second-order valence-corrected chi connectivity index (χ2v) is 4.16. The van der Waals surface area contributed by atoms with E-state index in [0.29, 0.717) is 12.6 Å². The van der Waals surface area contributed by atoms with Crippen LogP contribution in [0.1, 0.15) is 19.4 Å². The molecule has 0 atom stereocenters. The van der Waals surface area contributed by atoms with Gasteiger partial charge < -0.3 is 10.1 Å². The number of ether oxygens (including phenoxy) is 1. The Labute approximate surface area is 103 Å². The molecule has 1 aromatic rings. The predicted octanol–water partition coefficient (Wildman–Crippen LogP) is 2.88. The zero-order valence-corrected chi connectivity index (χ0v) is 10.5. The standard InChI is InChI=1S/C13H17NO.ClH/c1-10(2)14-8-11-7-12-5-3-4-6-13(12)15-9-11;/h3-7,10,14H,8-9H2,1-2H3;1H. The van der Waals surface area contributed by atoms with Crippen molar-refractivity contribution >= 4 is 18.5 Å². The van der Waals surface area contributed by atoms with Crippen LogP contribution in [0.15, 0.2) is 29.8 Å². The lowest BCUT2D eigenvalue weighted by atomic mass is 10.1. The molecule has 0 radical (unpaired) electrons. The predicted molar refractivity (Wildman–Crippen MR) is 70.3 cm³/mol. The molecule has 0 saturated heterocycles. The Morgan fingerprint density at radius 3 is 2.81 bits per heavy atom. The summed E-state index contributed by atoms with van der Waals surface area (Å²) in [5.41, 5.74) is 2.49. The lowest BCUT2D eigenvalue weighted by Gasteiger charge is -2.19. The highest BCUT2D eigenvalue weighted by Gasteiger charge is 2.10. The summed E-state index contributed by atoms with van der Waals surface area (Å²) in [5.74, 6) is 0.991. The maximum Gasteiger partial charge on any atom is 0.127 e. The fourth-order valence-electron chi connectivity index (χ4n) is 1.60. The normalized spacial score (nSPS) is 13.6. The largest absolute Gasteiger partial charge is 0.489 e. The van der Waals surface area contributed by atoms with E-state index in [4.69, 9.17) is 4.74 Å². The SMILES string of the molecule is CC(C)NCC1=Cc2ccccc2OC1.Cl. The third-order valence-electron chi connectivity index (χ3n) is 2.43. The van der Waals surface area contributed by atoms with E-state index in [0.717, 1.165) is 12.3 Å². The Morgan fingerprint density at radius 2 is 2.06 bits per heavy atom. The number of para-hydroxylation sites is 1. The smallest absolute Gasteiger partial charge is 0.127 e. The molecule has 16 heavy (non-hydrogen) atoms. The third-order valence-corrected chi connectivity index (χ3v) is 2.43. The molecular weight excluding hydrogens is 222 g/mol. The quantitative estimate of drug-likeness (QED) is 0.876. The maximum atomic E-state index is 5.66. The third kappa shape index (κ3) is 3.26. The number of fused-ring (bicyclic) bond motifs is 1. The number of rotatable bonds is 3. The molecule has 0 aliphatic carbocycles. The Hall–Kier alpha value is -0.990. The number of benzene rings is 1. The molecule has 1 N–H and O–H groups in total. The van der Waals surface area contributed by atoms with Gasteiger partial charge in [-0.05, 0) is 17.7 Å². The fraction of sp³-hybridized carbons (Fsp3) is 0.385. The van der Waals surface area contributed by atoms with Crippen LogP contribution in [0, 0.1) is 0 Å². The van der Waals surface area contributed by atoms with Crippen LogP contribution in [0.5, 0.6) is 5.75 Å². The minimum Gasteiger partial charge on any atom is -0.489 e. The Kier molecular flexibility index (Phi) is 4.84. The molecule has 0 unspecified atom stereocenters. The summed E-state index contributed by atoms with van der Waals surface area (Å²) in [5, 5.41) is 3.40. The molecule has 0 spiro atoms. The van der Waals surface area contributed by atoms with E-state index in [9.17, 15) is 0 Å². The molecule has 1 aromatic carbocycles. The molecule has 0 aromatic heterocycles. The van der Waals surface area contributed by atoms with Crippen molar-refractivity contribution in [3.05, 3.63) is 35.4 Å². The minimum atomic E-state index is 0. The lowest BCUT2D eigenvalue weighted by Crippen LogP contribution is -2.27. The van der Waals surface area contributed by atoms with E-state index in [1.807, 2.05) is 18.2 Å². The second kappa shape index (κ2) is 5.92. The van der Waals surface area contributed by atoms with E-state index < -0.39 is 0 Å². The molecule has 2 rings (SSSR count). The number of hydrogen-bond acceptors (Lipinski definition) is 2. The zero-order valence-electron chi connectivity index (χ0n) is 9.69. The first kappa shape index (κ1) is 13.1. The number of nitrogens with one attached hydrogen (secondary N) is 1. The summed E-state index contributed by atoms with van der Waals surface area (Å²) in [6.45, 7) is 5.92. The van der Waals surface area contributed by atoms with Crippen LogP contribution in [-0.4, -0.2) is 19.2 Å². The zero-order chi connectivity index (χ0) is 10.7. The molecule has 1 aliphatic heterocycles. The first-order chi connectivity index (χ1) is 7.25.